The van der Waals surface area contributed by atoms with Crippen LogP contribution in [-0.2, 0) is 24.2 Å². The summed E-state index contributed by atoms with van der Waals surface area (Å²) in [7, 11) is 0. The Bertz CT molecular complexity index is 917. The van der Waals surface area contributed by atoms with E-state index in [-0.39, 0.29) is 5.91 Å². The number of aromatic nitrogens is 3. The molecule has 3 aliphatic rings. The summed E-state index contributed by atoms with van der Waals surface area (Å²) in [5.41, 5.74) is 5.25. The predicted octanol–water partition coefficient (Wildman–Crippen LogP) is 1.43. The molecular weight excluding hydrogens is 378 g/mol. The average Bonchev–Trinajstić information content (AvgIpc) is 3.08. The van der Waals surface area contributed by atoms with Gasteiger partial charge >= 0.3 is 0 Å². The molecule has 0 atom stereocenters. The van der Waals surface area contributed by atoms with Crippen LogP contribution < -0.4 is 10.2 Å². The Labute approximate surface area is 167 Å². The topological polar surface area (TPSA) is 100 Å². The number of rotatable bonds is 1. The molecule has 0 radical (unpaired) electrons. The van der Waals surface area contributed by atoms with Crippen LogP contribution in [0, 0.1) is 0 Å². The first-order valence-corrected chi connectivity index (χ1v) is 10.6. The summed E-state index contributed by atoms with van der Waals surface area (Å²) in [6.45, 7) is 4.59. The van der Waals surface area contributed by atoms with E-state index in [0.717, 1.165) is 79.2 Å². The smallest absolute Gasteiger partial charge is 0.300 e. The third-order valence-electron chi connectivity index (χ3n) is 5.08. The Balaban J connectivity index is 0.000000442. The highest BCUT2D eigenvalue weighted by molar-refractivity contribution is 7.99. The van der Waals surface area contributed by atoms with Gasteiger partial charge in [-0.1, -0.05) is 0 Å². The third-order valence-corrected chi connectivity index (χ3v) is 6.02. The fourth-order valence-electron chi connectivity index (χ4n) is 3.84. The van der Waals surface area contributed by atoms with Crippen molar-refractivity contribution in [3.8, 4) is 11.3 Å². The molecule has 0 aromatic carbocycles. The van der Waals surface area contributed by atoms with E-state index in [2.05, 4.69) is 21.3 Å². The van der Waals surface area contributed by atoms with E-state index in [0.29, 0.717) is 6.54 Å². The Morgan fingerprint density at radius 1 is 1.25 bits per heavy atom. The number of pyridine rings is 1. The number of carbonyl (C=O) groups excluding carboxylic acids is 1. The van der Waals surface area contributed by atoms with Crippen LogP contribution in [0.1, 0.15) is 28.5 Å². The van der Waals surface area contributed by atoms with Crippen LogP contribution in [0.2, 0.25) is 0 Å². The first kappa shape index (κ1) is 18.8. The number of aliphatic carboxylic acids is 1. The minimum absolute atomic E-state index is 0.0146. The number of hydrogen-bond donors (Lipinski definition) is 2. The molecule has 9 heteroatoms. The summed E-state index contributed by atoms with van der Waals surface area (Å²) in [4.78, 5) is 28.3. The molecule has 148 valence electrons. The van der Waals surface area contributed by atoms with Gasteiger partial charge < -0.3 is 15.3 Å². The molecule has 2 aliphatic heterocycles. The average molecular weight is 401 g/mol. The van der Waals surface area contributed by atoms with Crippen LogP contribution >= 0.6 is 11.8 Å². The lowest BCUT2D eigenvalue weighted by Crippen LogP contribution is -2.36. The maximum absolute atomic E-state index is 12.3. The zero-order valence-electron chi connectivity index (χ0n) is 15.8. The van der Waals surface area contributed by atoms with Crippen molar-refractivity contribution in [2.75, 3.05) is 36.0 Å². The normalized spacial score (nSPS) is 17.5. The first-order chi connectivity index (χ1) is 13.5. The van der Waals surface area contributed by atoms with Crippen LogP contribution in [0.5, 0.6) is 0 Å². The van der Waals surface area contributed by atoms with Gasteiger partial charge in [-0.15, -0.1) is 0 Å². The van der Waals surface area contributed by atoms with Crippen molar-refractivity contribution < 1.29 is 14.7 Å². The highest BCUT2D eigenvalue weighted by atomic mass is 32.2. The van der Waals surface area contributed by atoms with Crippen molar-refractivity contribution >= 4 is 29.5 Å². The molecule has 1 saturated heterocycles. The fourth-order valence-corrected chi connectivity index (χ4v) is 4.75. The molecule has 0 bridgehead atoms. The molecule has 28 heavy (non-hydrogen) atoms. The SMILES string of the molecule is CC(=O)O.O=C1NCCn2nc3c(c21)CCc1cnc(N2CCSCC2)cc1-3. The maximum Gasteiger partial charge on any atom is 0.300 e. The summed E-state index contributed by atoms with van der Waals surface area (Å²) in [6, 6.07) is 2.18. The molecule has 1 aliphatic carbocycles. The minimum atomic E-state index is -0.833. The lowest BCUT2D eigenvalue weighted by atomic mass is 9.90. The second kappa shape index (κ2) is 7.83. The number of aryl methyl sites for hydroxylation is 1. The number of nitrogens with zero attached hydrogens (tertiary/aromatic N) is 4. The summed E-state index contributed by atoms with van der Waals surface area (Å²) in [5.74, 6) is 2.53. The van der Waals surface area contributed by atoms with Gasteiger partial charge in [-0.3, -0.25) is 14.3 Å². The van der Waals surface area contributed by atoms with Crippen molar-refractivity contribution in [2.24, 2.45) is 0 Å². The molecule has 2 aromatic rings. The number of amides is 1. The molecule has 1 amide bonds. The van der Waals surface area contributed by atoms with Gasteiger partial charge in [-0.2, -0.15) is 16.9 Å². The largest absolute Gasteiger partial charge is 0.481 e. The maximum atomic E-state index is 12.3. The number of fused-ring (bicyclic) bond motifs is 5. The number of nitrogens with one attached hydrogen (secondary N) is 1. The molecule has 0 spiro atoms. The third kappa shape index (κ3) is 3.58. The van der Waals surface area contributed by atoms with Crippen LogP contribution in [0.4, 0.5) is 5.82 Å². The van der Waals surface area contributed by atoms with E-state index >= 15 is 0 Å². The predicted molar refractivity (Wildman–Crippen MR) is 108 cm³/mol. The number of carboxylic acids is 1. The van der Waals surface area contributed by atoms with Crippen LogP contribution in [0.15, 0.2) is 12.3 Å². The Kier molecular flexibility index (Phi) is 5.25. The van der Waals surface area contributed by atoms with Crippen molar-refractivity contribution in [1.29, 1.82) is 0 Å². The van der Waals surface area contributed by atoms with Gasteiger partial charge in [0.15, 0.2) is 0 Å². The van der Waals surface area contributed by atoms with E-state index in [9.17, 15) is 4.79 Å². The lowest BCUT2D eigenvalue weighted by molar-refractivity contribution is -0.134. The number of carbonyl (C=O) groups is 2. The number of hydrogen-bond acceptors (Lipinski definition) is 6. The van der Waals surface area contributed by atoms with Gasteiger partial charge in [0.1, 0.15) is 11.5 Å². The van der Waals surface area contributed by atoms with Gasteiger partial charge in [-0.25, -0.2) is 4.98 Å². The van der Waals surface area contributed by atoms with Crippen molar-refractivity contribution in [3.05, 3.63) is 29.1 Å². The number of carboxylic acid groups (broad SMARTS) is 1. The molecule has 0 saturated carbocycles. The quantitative estimate of drug-likeness (QED) is 0.746. The van der Waals surface area contributed by atoms with Gasteiger partial charge in [0, 0.05) is 55.4 Å². The Morgan fingerprint density at radius 3 is 2.75 bits per heavy atom. The van der Waals surface area contributed by atoms with E-state index in [1.165, 1.54) is 5.56 Å². The van der Waals surface area contributed by atoms with Gasteiger partial charge in [-0.05, 0) is 24.5 Å². The van der Waals surface area contributed by atoms with Crippen molar-refractivity contribution in [3.63, 3.8) is 0 Å². The molecule has 8 nitrogen and oxygen atoms in total. The van der Waals surface area contributed by atoms with Crippen LogP contribution in [0.3, 0.4) is 0 Å². The second-order valence-electron chi connectivity index (χ2n) is 6.97. The molecule has 0 unspecified atom stereocenters. The van der Waals surface area contributed by atoms with E-state index in [1.807, 2.05) is 22.6 Å². The molecular formula is C19H23N5O3S. The zero-order chi connectivity index (χ0) is 19.7. The molecule has 2 aromatic heterocycles. The highest BCUT2D eigenvalue weighted by Gasteiger charge is 2.30. The molecule has 2 N–H and O–H groups in total. The standard InChI is InChI=1S/C17H19N5OS.C2H4O2/c23-17-16-12-2-1-11-10-19-14(21-5-7-24-8-6-21)9-13(11)15(12)20-22(16)4-3-18-17;1-2(3)4/h9-10H,1-8H2,(H,18,23);1H3,(H,3,4). The van der Waals surface area contributed by atoms with Crippen molar-refractivity contribution in [2.45, 2.75) is 26.3 Å². The van der Waals surface area contributed by atoms with Crippen LogP contribution in [0.25, 0.3) is 11.3 Å². The molecule has 4 heterocycles. The first-order valence-electron chi connectivity index (χ1n) is 9.44. The van der Waals surface area contributed by atoms with E-state index < -0.39 is 5.97 Å². The van der Waals surface area contributed by atoms with Gasteiger partial charge in [0.25, 0.3) is 11.9 Å². The highest BCUT2D eigenvalue weighted by Crippen LogP contribution is 2.36. The number of anilines is 1. The zero-order valence-corrected chi connectivity index (χ0v) is 16.6. The minimum Gasteiger partial charge on any atom is -0.481 e. The Morgan fingerprint density at radius 2 is 2.00 bits per heavy atom. The summed E-state index contributed by atoms with van der Waals surface area (Å²) < 4.78 is 1.89. The fraction of sp³-hybridized carbons (Fsp3) is 0.474. The summed E-state index contributed by atoms with van der Waals surface area (Å²) in [6.07, 6.45) is 3.80. The molecule has 1 fully saturated rings. The lowest BCUT2D eigenvalue weighted by Gasteiger charge is -2.28. The number of thioether (sulfide) groups is 1. The summed E-state index contributed by atoms with van der Waals surface area (Å²) in [5, 5.41) is 15.1. The van der Waals surface area contributed by atoms with Crippen LogP contribution in [-0.4, -0.2) is 62.9 Å². The molecule has 5 rings (SSSR count). The Hall–Kier alpha value is -2.55. The van der Waals surface area contributed by atoms with Gasteiger partial charge in [0.2, 0.25) is 0 Å². The van der Waals surface area contributed by atoms with Crippen molar-refractivity contribution in [1.82, 2.24) is 20.1 Å². The summed E-state index contributed by atoms with van der Waals surface area (Å²) >= 11 is 2.00. The van der Waals surface area contributed by atoms with E-state index in [4.69, 9.17) is 15.0 Å². The second-order valence-corrected chi connectivity index (χ2v) is 8.20. The monoisotopic (exact) mass is 401 g/mol. The van der Waals surface area contributed by atoms with Gasteiger partial charge in [0.05, 0.1) is 12.2 Å². The van der Waals surface area contributed by atoms with E-state index in [1.54, 1.807) is 0 Å².